The van der Waals surface area contributed by atoms with Crippen molar-refractivity contribution in [1.29, 1.82) is 0 Å². The highest BCUT2D eigenvalue weighted by Gasteiger charge is 2.50. The molecule has 0 spiro atoms. The van der Waals surface area contributed by atoms with E-state index in [9.17, 15) is 28.8 Å². The van der Waals surface area contributed by atoms with Gasteiger partial charge in [0.25, 0.3) is 0 Å². The Hall–Kier alpha value is -7.74. The predicted octanol–water partition coefficient (Wildman–Crippen LogP) is 7.05. The molecule has 424 valence electrons. The standard InChI is InChI=1S/2C30H36N4O6/c2*1-17-11-12-20-22(13-17)32-26-21(31-20)10-8-6-7-9-18-14-24(18)40-29(37)33-25(30(2,3)4)27(35)34-16-19(39-26)15-23(34)28(36)38-5/h2*11-13,18-19,23-25H,6-7,9,14-16H2,1-5H3,(H,33,37)/t2*18-,19?,23+,24-,25-/m11/s1. The zero-order chi connectivity index (χ0) is 57.2. The minimum atomic E-state index is -0.924. The molecule has 4 aliphatic heterocycles. The molecule has 10 atom stereocenters. The molecule has 2 N–H and O–H groups in total. The van der Waals surface area contributed by atoms with Gasteiger partial charge < -0.3 is 48.9 Å². The SMILES string of the molecule is COC(=O)[C@@H]1CC2CN1C(=O)[C@H](C(C)(C)C)NC(=O)O[C@@H]1C[C@H]1CCCC#Cc1nc3ccc(C)cc3nc1O2.COC(=O)[C@@H]1CC2CN1C(=O)[C@H](C(C)(C)C)NC(=O)O[C@@H]1C[C@H]1CCCC#Cc1nc3ccc(C)cc3nc1O2. The molecule has 20 heteroatoms. The topological polar surface area (TPSA) is 240 Å². The number of carbonyl (C=O) groups excluding carboxylic acids is 6. The second-order valence-electron chi connectivity index (χ2n) is 23.9. The van der Waals surface area contributed by atoms with E-state index in [0.717, 1.165) is 49.7 Å². The summed E-state index contributed by atoms with van der Waals surface area (Å²) < 4.78 is 34.0. The summed E-state index contributed by atoms with van der Waals surface area (Å²) >= 11 is 0. The maximum atomic E-state index is 13.9. The second-order valence-corrected chi connectivity index (χ2v) is 23.9. The molecule has 4 amide bonds. The number of amides is 4. The monoisotopic (exact) mass is 1100 g/mol. The van der Waals surface area contributed by atoms with Crippen molar-refractivity contribution in [2.45, 2.75) is 168 Å². The molecule has 2 aromatic heterocycles. The van der Waals surface area contributed by atoms with Crippen LogP contribution < -0.4 is 20.1 Å². The summed E-state index contributed by atoms with van der Waals surface area (Å²) in [5.41, 5.74) is 4.38. The summed E-state index contributed by atoms with van der Waals surface area (Å²) in [7, 11) is 2.57. The maximum Gasteiger partial charge on any atom is 0.408 e. The average Bonchev–Trinajstić information content (AvgIpc) is 4.24. The Morgan fingerprint density at radius 3 is 1.35 bits per heavy atom. The quantitative estimate of drug-likeness (QED) is 0.116. The minimum absolute atomic E-state index is 0.104. The molecule has 4 fully saturated rings. The Morgan fingerprint density at radius 1 is 0.575 bits per heavy atom. The molecule has 2 saturated carbocycles. The molecule has 2 saturated heterocycles. The van der Waals surface area contributed by atoms with Crippen molar-refractivity contribution in [2.24, 2.45) is 22.7 Å². The van der Waals surface area contributed by atoms with Gasteiger partial charge in [-0.15, -0.1) is 0 Å². The number of rotatable bonds is 2. The van der Waals surface area contributed by atoms with E-state index in [1.165, 1.54) is 24.0 Å². The number of nitrogens with one attached hydrogen (secondary N) is 2. The van der Waals surface area contributed by atoms with E-state index in [0.29, 0.717) is 46.3 Å². The molecular weight excluding hydrogens is 1020 g/mol. The zero-order valence-corrected chi connectivity index (χ0v) is 47.3. The van der Waals surface area contributed by atoms with Crippen LogP contribution in [0.25, 0.3) is 22.1 Å². The Morgan fingerprint density at radius 2 is 0.975 bits per heavy atom. The molecule has 2 unspecified atom stereocenters. The molecule has 4 aromatic rings. The number of alkyl carbamates (subject to hydrolysis) is 2. The molecule has 6 aliphatic rings. The Balaban J connectivity index is 0.000000194. The van der Waals surface area contributed by atoms with Gasteiger partial charge in [0.1, 0.15) is 48.6 Å². The lowest BCUT2D eigenvalue weighted by atomic mass is 9.85. The predicted molar refractivity (Wildman–Crippen MR) is 293 cm³/mol. The van der Waals surface area contributed by atoms with Crippen molar-refractivity contribution >= 4 is 58.0 Å². The number of aryl methyl sites for hydroxylation is 2. The number of benzene rings is 2. The van der Waals surface area contributed by atoms with E-state index >= 15 is 0 Å². The van der Waals surface area contributed by atoms with Crippen LogP contribution in [0.5, 0.6) is 11.8 Å². The van der Waals surface area contributed by atoms with Gasteiger partial charge >= 0.3 is 24.1 Å². The number of methoxy groups -OCH3 is 2. The van der Waals surface area contributed by atoms with E-state index in [4.69, 9.17) is 48.4 Å². The highest BCUT2D eigenvalue weighted by Crippen LogP contribution is 2.40. The fourth-order valence-electron chi connectivity index (χ4n) is 10.7. The van der Waals surface area contributed by atoms with Crippen molar-refractivity contribution in [1.82, 2.24) is 40.4 Å². The fraction of sp³-hybridized carbons (Fsp3) is 0.567. The molecule has 4 bridgehead atoms. The number of hydrogen-bond acceptors (Lipinski definition) is 16. The first-order valence-electron chi connectivity index (χ1n) is 27.7. The van der Waals surface area contributed by atoms with Crippen LogP contribution in [0.15, 0.2) is 36.4 Å². The fourth-order valence-corrected chi connectivity index (χ4v) is 10.7. The summed E-state index contributed by atoms with van der Waals surface area (Å²) in [6.07, 6.45) is 4.05. The third-order valence-corrected chi connectivity index (χ3v) is 15.3. The van der Waals surface area contributed by atoms with Gasteiger partial charge in [0.15, 0.2) is 11.4 Å². The van der Waals surface area contributed by atoms with Gasteiger partial charge in [0.05, 0.1) is 49.4 Å². The smallest absolute Gasteiger partial charge is 0.408 e. The number of fused-ring (bicyclic) bond motifs is 10. The van der Waals surface area contributed by atoms with Crippen LogP contribution >= 0.6 is 0 Å². The van der Waals surface area contributed by atoms with Gasteiger partial charge in [0.2, 0.25) is 23.6 Å². The number of esters is 2. The Bertz CT molecular complexity index is 2990. The van der Waals surface area contributed by atoms with Crippen LogP contribution in [0, 0.1) is 60.2 Å². The lowest BCUT2D eigenvalue weighted by Gasteiger charge is -2.34. The maximum absolute atomic E-state index is 13.9. The van der Waals surface area contributed by atoms with Gasteiger partial charge in [-0.05, 0) is 122 Å². The van der Waals surface area contributed by atoms with Gasteiger partial charge in [0, 0.05) is 25.7 Å². The Kier molecular flexibility index (Phi) is 16.8. The third kappa shape index (κ3) is 13.5. The molecule has 20 nitrogen and oxygen atoms in total. The van der Waals surface area contributed by atoms with Crippen molar-refractivity contribution in [3.05, 3.63) is 58.9 Å². The van der Waals surface area contributed by atoms with Crippen LogP contribution in [-0.4, -0.2) is 142 Å². The summed E-state index contributed by atoms with van der Waals surface area (Å²) in [6.45, 7) is 15.3. The molecule has 10 rings (SSSR count). The first-order valence-corrected chi connectivity index (χ1v) is 27.7. The summed E-state index contributed by atoms with van der Waals surface area (Å²) in [4.78, 5) is 101. The normalized spacial score (nSPS) is 27.0. The van der Waals surface area contributed by atoms with Crippen LogP contribution in [-0.2, 0) is 38.1 Å². The lowest BCUT2D eigenvalue weighted by Crippen LogP contribution is -2.57. The van der Waals surface area contributed by atoms with E-state index in [1.54, 1.807) is 0 Å². The van der Waals surface area contributed by atoms with Crippen LogP contribution in [0.3, 0.4) is 0 Å². The second kappa shape index (κ2) is 23.5. The average molecular weight is 1100 g/mol. The highest BCUT2D eigenvalue weighted by atomic mass is 16.6. The van der Waals surface area contributed by atoms with Crippen LogP contribution in [0.4, 0.5) is 9.59 Å². The third-order valence-electron chi connectivity index (χ3n) is 15.3. The van der Waals surface area contributed by atoms with Crippen molar-refractivity contribution < 1.29 is 57.2 Å². The number of carbonyl (C=O) groups is 6. The van der Waals surface area contributed by atoms with Crippen molar-refractivity contribution in [3.8, 4) is 35.4 Å². The van der Waals surface area contributed by atoms with E-state index in [-0.39, 0.29) is 61.7 Å². The highest BCUT2D eigenvalue weighted by molar-refractivity contribution is 5.92. The molecular formula is C60H72N8O12. The molecule has 2 aliphatic carbocycles. The molecule has 0 radical (unpaired) electrons. The largest absolute Gasteiger partial charge is 0.470 e. The van der Waals surface area contributed by atoms with E-state index in [1.807, 2.05) is 91.8 Å². The number of ether oxygens (including phenoxy) is 6. The van der Waals surface area contributed by atoms with E-state index < -0.39 is 83.1 Å². The van der Waals surface area contributed by atoms with Crippen molar-refractivity contribution in [2.75, 3.05) is 27.3 Å². The first kappa shape index (κ1) is 57.0. The van der Waals surface area contributed by atoms with E-state index in [2.05, 4.69) is 34.3 Å². The Labute approximate surface area is 466 Å². The number of nitrogens with zero attached hydrogens (tertiary/aromatic N) is 6. The minimum Gasteiger partial charge on any atom is -0.470 e. The van der Waals surface area contributed by atoms with Crippen LogP contribution in [0.1, 0.15) is 128 Å². The molecule has 2 aromatic carbocycles. The van der Waals surface area contributed by atoms with Gasteiger partial charge in [-0.2, -0.15) is 0 Å². The summed E-state index contributed by atoms with van der Waals surface area (Å²) in [5, 5.41) is 5.56. The number of aromatic nitrogens is 4. The van der Waals surface area contributed by atoms with Gasteiger partial charge in [-0.1, -0.05) is 65.5 Å². The first-order chi connectivity index (χ1) is 38.1. The van der Waals surface area contributed by atoms with Crippen LogP contribution in [0.2, 0.25) is 0 Å². The van der Waals surface area contributed by atoms with Crippen molar-refractivity contribution in [3.63, 3.8) is 0 Å². The molecule has 80 heavy (non-hydrogen) atoms. The van der Waals surface area contributed by atoms with Gasteiger partial charge in [-0.25, -0.2) is 39.1 Å². The number of hydrogen-bond donors (Lipinski definition) is 2. The zero-order valence-electron chi connectivity index (χ0n) is 47.3. The molecule has 6 heterocycles. The summed E-state index contributed by atoms with van der Waals surface area (Å²) in [6, 6.07) is 7.99. The van der Waals surface area contributed by atoms with Gasteiger partial charge in [-0.3, -0.25) is 9.59 Å². The summed E-state index contributed by atoms with van der Waals surface area (Å²) in [5.74, 6) is 11.8. The lowest BCUT2D eigenvalue weighted by molar-refractivity contribution is -0.152.